The minimum absolute atomic E-state index is 0.0118. The molecule has 0 aromatic heterocycles. The number of rotatable bonds is 7. The average molecular weight is 351 g/mol. The molecule has 0 unspecified atom stereocenters. The maximum atomic E-state index is 11.6. The zero-order valence-corrected chi connectivity index (χ0v) is 14.5. The zero-order chi connectivity index (χ0) is 18.9. The van der Waals surface area contributed by atoms with Gasteiger partial charge in [0, 0.05) is 6.54 Å². The summed E-state index contributed by atoms with van der Waals surface area (Å²) in [5, 5.41) is 15.7. The molecule has 0 spiro atoms. The first kappa shape index (κ1) is 20.3. The van der Waals surface area contributed by atoms with Crippen LogP contribution in [0.4, 0.5) is 9.59 Å². The summed E-state index contributed by atoms with van der Waals surface area (Å²) in [4.78, 5) is 34.2. The molecule has 1 atom stereocenters. The number of hydrogen-bond donors (Lipinski definition) is 2. The molecule has 8 heteroatoms. The minimum atomic E-state index is -1.47. The number of alkyl carbamates (subject to hydrolysis) is 2. The largest absolute Gasteiger partial charge is 0.548 e. The van der Waals surface area contributed by atoms with Crippen molar-refractivity contribution in [2.24, 2.45) is 0 Å². The molecule has 2 N–H and O–H groups in total. The Morgan fingerprint density at radius 3 is 2.32 bits per heavy atom. The molecule has 25 heavy (non-hydrogen) atoms. The van der Waals surface area contributed by atoms with Crippen molar-refractivity contribution in [1.29, 1.82) is 0 Å². The van der Waals surface area contributed by atoms with Gasteiger partial charge in [0.2, 0.25) is 0 Å². The fourth-order valence-corrected chi connectivity index (χ4v) is 1.79. The molecule has 0 saturated heterocycles. The van der Waals surface area contributed by atoms with E-state index in [2.05, 4.69) is 10.6 Å². The number of ether oxygens (including phenoxy) is 2. The Labute approximate surface area is 146 Å². The summed E-state index contributed by atoms with van der Waals surface area (Å²) in [6.07, 6.45) is -1.62. The van der Waals surface area contributed by atoms with E-state index in [1.54, 1.807) is 20.8 Å². The number of carbonyl (C=O) groups excluding carboxylic acids is 3. The number of amides is 2. The Kier molecular flexibility index (Phi) is 7.71. The van der Waals surface area contributed by atoms with Gasteiger partial charge in [-0.2, -0.15) is 0 Å². The summed E-state index contributed by atoms with van der Waals surface area (Å²) in [5.41, 5.74) is 0.0805. The Morgan fingerprint density at radius 2 is 1.76 bits per heavy atom. The highest BCUT2D eigenvalue weighted by molar-refractivity contribution is 5.78. The molecule has 138 valence electrons. The molecule has 0 radical (unpaired) electrons. The van der Waals surface area contributed by atoms with E-state index >= 15 is 0 Å². The van der Waals surface area contributed by atoms with Gasteiger partial charge in [-0.3, -0.25) is 0 Å². The highest BCUT2D eigenvalue weighted by Crippen LogP contribution is 2.07. The Bertz CT molecular complexity index is 583. The molecular formula is C17H23N2O6-. The fourth-order valence-electron chi connectivity index (χ4n) is 1.79. The van der Waals surface area contributed by atoms with Gasteiger partial charge in [-0.25, -0.2) is 9.59 Å². The van der Waals surface area contributed by atoms with Crippen LogP contribution in [0, 0.1) is 0 Å². The summed E-state index contributed by atoms with van der Waals surface area (Å²) >= 11 is 0. The molecule has 8 nitrogen and oxygen atoms in total. The van der Waals surface area contributed by atoms with Gasteiger partial charge in [-0.05, 0) is 32.8 Å². The number of hydrogen-bond acceptors (Lipinski definition) is 6. The lowest BCUT2D eigenvalue weighted by Gasteiger charge is -2.24. The number of carbonyl (C=O) groups is 3. The summed E-state index contributed by atoms with van der Waals surface area (Å²) in [6.45, 7) is 5.06. The van der Waals surface area contributed by atoms with Crippen molar-refractivity contribution in [1.82, 2.24) is 10.6 Å². The molecule has 1 aromatic carbocycles. The van der Waals surface area contributed by atoms with Crippen LogP contribution in [0.1, 0.15) is 32.8 Å². The standard InChI is InChI=1S/C17H24N2O6/c1-17(2,3)25-16(23)19-13(14(20)21)9-10-18-15(22)24-11-12-7-5-4-6-8-12/h4-8,13H,9-11H2,1-3H3,(H,18,22)(H,19,23)(H,20,21)/p-1/t13-/m0/s1. The summed E-state index contributed by atoms with van der Waals surface area (Å²) in [5.74, 6) is -1.47. The van der Waals surface area contributed by atoms with Crippen LogP contribution in [0.5, 0.6) is 0 Å². The summed E-state index contributed by atoms with van der Waals surface area (Å²) in [7, 11) is 0. The van der Waals surface area contributed by atoms with Crippen molar-refractivity contribution >= 4 is 18.2 Å². The second kappa shape index (κ2) is 9.51. The number of carboxylic acids is 1. The van der Waals surface area contributed by atoms with Crippen molar-refractivity contribution in [2.75, 3.05) is 6.54 Å². The van der Waals surface area contributed by atoms with E-state index in [1.807, 2.05) is 30.3 Å². The van der Waals surface area contributed by atoms with E-state index in [4.69, 9.17) is 9.47 Å². The number of carboxylic acid groups (broad SMARTS) is 1. The molecule has 0 aliphatic heterocycles. The molecule has 0 saturated carbocycles. The van der Waals surface area contributed by atoms with Crippen molar-refractivity contribution in [2.45, 2.75) is 45.4 Å². The lowest BCUT2D eigenvalue weighted by Crippen LogP contribution is -2.50. The quantitative estimate of drug-likeness (QED) is 0.755. The molecular weight excluding hydrogens is 328 g/mol. The lowest BCUT2D eigenvalue weighted by atomic mass is 10.2. The van der Waals surface area contributed by atoms with Gasteiger partial charge < -0.3 is 30.0 Å². The second-order valence-electron chi connectivity index (χ2n) is 6.30. The van der Waals surface area contributed by atoms with Crippen molar-refractivity contribution < 1.29 is 29.0 Å². The number of aliphatic carboxylic acids is 1. The van der Waals surface area contributed by atoms with Gasteiger partial charge in [0.05, 0.1) is 12.0 Å². The lowest BCUT2D eigenvalue weighted by molar-refractivity contribution is -0.308. The first-order valence-electron chi connectivity index (χ1n) is 7.82. The Balaban J connectivity index is 2.33. The van der Waals surface area contributed by atoms with Gasteiger partial charge in [0.1, 0.15) is 12.2 Å². The molecule has 0 bridgehead atoms. The predicted octanol–water partition coefficient (Wildman–Crippen LogP) is 0.946. The normalized spacial score (nSPS) is 12.0. The SMILES string of the molecule is CC(C)(C)OC(=O)N[C@@H](CCNC(=O)OCc1ccccc1)C(=O)[O-]. The molecule has 0 aliphatic rings. The van der Waals surface area contributed by atoms with Crippen LogP contribution < -0.4 is 15.7 Å². The van der Waals surface area contributed by atoms with Crippen LogP contribution in [0.25, 0.3) is 0 Å². The maximum Gasteiger partial charge on any atom is 0.408 e. The summed E-state index contributed by atoms with van der Waals surface area (Å²) < 4.78 is 9.97. The smallest absolute Gasteiger partial charge is 0.408 e. The Hall–Kier alpha value is -2.77. The molecule has 0 heterocycles. The third-order valence-corrected chi connectivity index (χ3v) is 2.89. The van der Waals surface area contributed by atoms with Gasteiger partial charge in [0.25, 0.3) is 0 Å². The predicted molar refractivity (Wildman–Crippen MR) is 87.4 cm³/mol. The highest BCUT2D eigenvalue weighted by atomic mass is 16.6. The van der Waals surface area contributed by atoms with Crippen LogP contribution >= 0.6 is 0 Å². The van der Waals surface area contributed by atoms with Gasteiger partial charge in [-0.15, -0.1) is 0 Å². The molecule has 1 rings (SSSR count). The van der Waals surface area contributed by atoms with E-state index in [1.165, 1.54) is 0 Å². The van der Waals surface area contributed by atoms with E-state index < -0.39 is 29.8 Å². The number of benzene rings is 1. The van der Waals surface area contributed by atoms with Crippen LogP contribution in [0.2, 0.25) is 0 Å². The van der Waals surface area contributed by atoms with Crippen molar-refractivity contribution in [3.63, 3.8) is 0 Å². The fraction of sp³-hybridized carbons (Fsp3) is 0.471. The van der Waals surface area contributed by atoms with Crippen LogP contribution in [-0.2, 0) is 20.9 Å². The maximum absolute atomic E-state index is 11.6. The third-order valence-electron chi connectivity index (χ3n) is 2.89. The van der Waals surface area contributed by atoms with E-state index in [0.717, 1.165) is 5.56 Å². The molecule has 2 amide bonds. The van der Waals surface area contributed by atoms with Gasteiger partial charge >= 0.3 is 12.2 Å². The average Bonchev–Trinajstić information content (AvgIpc) is 2.51. The highest BCUT2D eigenvalue weighted by Gasteiger charge is 2.20. The van der Waals surface area contributed by atoms with Crippen LogP contribution in [0.15, 0.2) is 30.3 Å². The van der Waals surface area contributed by atoms with Crippen LogP contribution in [-0.4, -0.2) is 36.3 Å². The minimum Gasteiger partial charge on any atom is -0.548 e. The second-order valence-corrected chi connectivity index (χ2v) is 6.30. The topological polar surface area (TPSA) is 117 Å². The third kappa shape index (κ3) is 9.19. The first-order chi connectivity index (χ1) is 11.7. The van der Waals surface area contributed by atoms with E-state index in [9.17, 15) is 19.5 Å². The van der Waals surface area contributed by atoms with Crippen molar-refractivity contribution in [3.05, 3.63) is 35.9 Å². The number of nitrogens with one attached hydrogen (secondary N) is 2. The molecule has 0 aliphatic carbocycles. The van der Waals surface area contributed by atoms with Gasteiger partial charge in [0.15, 0.2) is 0 Å². The zero-order valence-electron chi connectivity index (χ0n) is 14.5. The monoisotopic (exact) mass is 351 g/mol. The summed E-state index contributed by atoms with van der Waals surface area (Å²) in [6, 6.07) is 7.83. The van der Waals surface area contributed by atoms with Crippen molar-refractivity contribution in [3.8, 4) is 0 Å². The van der Waals surface area contributed by atoms with E-state index in [-0.39, 0.29) is 19.6 Å². The van der Waals surface area contributed by atoms with E-state index in [0.29, 0.717) is 0 Å². The molecule has 0 fully saturated rings. The molecule has 1 aromatic rings. The van der Waals surface area contributed by atoms with Crippen LogP contribution in [0.3, 0.4) is 0 Å². The Morgan fingerprint density at radius 1 is 1.12 bits per heavy atom. The van der Waals surface area contributed by atoms with Gasteiger partial charge in [-0.1, -0.05) is 30.3 Å². The first-order valence-corrected chi connectivity index (χ1v) is 7.82.